The van der Waals surface area contributed by atoms with Crippen LogP contribution in [0.15, 0.2) is 36.4 Å². The van der Waals surface area contributed by atoms with Gasteiger partial charge in [0.05, 0.1) is 11.8 Å². The van der Waals surface area contributed by atoms with E-state index in [1.165, 1.54) is 5.56 Å². The van der Waals surface area contributed by atoms with Crippen LogP contribution < -0.4 is 14.8 Å². The molecule has 3 N–H and O–H groups in total. The molecular formula is C20H22ClN3O4S. The zero-order valence-corrected chi connectivity index (χ0v) is 17.7. The van der Waals surface area contributed by atoms with Crippen LogP contribution >= 0.6 is 12.4 Å². The van der Waals surface area contributed by atoms with Gasteiger partial charge in [-0.05, 0) is 42.4 Å². The number of halogens is 1. The Morgan fingerprint density at radius 1 is 1.17 bits per heavy atom. The maximum Gasteiger partial charge on any atom is 0.306 e. The summed E-state index contributed by atoms with van der Waals surface area (Å²) in [5.41, 5.74) is 4.67. The van der Waals surface area contributed by atoms with Gasteiger partial charge in [0.1, 0.15) is 5.75 Å². The second-order valence-corrected chi connectivity index (χ2v) is 8.39. The van der Waals surface area contributed by atoms with Crippen molar-refractivity contribution in [2.24, 2.45) is 0 Å². The van der Waals surface area contributed by atoms with Crippen molar-refractivity contribution in [3.63, 3.8) is 0 Å². The Hall–Kier alpha value is -2.55. The molecule has 0 atom stereocenters. The van der Waals surface area contributed by atoms with Crippen LogP contribution in [0.3, 0.4) is 0 Å². The zero-order valence-electron chi connectivity index (χ0n) is 16.0. The quantitative estimate of drug-likeness (QED) is 0.517. The van der Waals surface area contributed by atoms with Crippen molar-refractivity contribution in [3.8, 4) is 17.0 Å². The molecule has 0 bridgehead atoms. The Morgan fingerprint density at radius 2 is 1.97 bits per heavy atom. The molecule has 3 aromatic rings. The molecule has 4 rings (SSSR count). The first-order chi connectivity index (χ1) is 13.4. The zero-order chi connectivity index (χ0) is 19.9. The second kappa shape index (κ2) is 8.06. The van der Waals surface area contributed by atoms with E-state index in [4.69, 9.17) is 4.18 Å². The van der Waals surface area contributed by atoms with Crippen molar-refractivity contribution >= 4 is 39.3 Å². The third kappa shape index (κ3) is 4.24. The molecule has 2 aromatic carbocycles. The largest absolute Gasteiger partial charge is 0.382 e. The molecule has 29 heavy (non-hydrogen) atoms. The highest BCUT2D eigenvalue weighted by Crippen LogP contribution is 2.36. The van der Waals surface area contributed by atoms with Crippen molar-refractivity contribution in [2.75, 3.05) is 12.8 Å². The molecule has 0 unspecified atom stereocenters. The Balaban J connectivity index is 0.00000240. The lowest BCUT2D eigenvalue weighted by Gasteiger charge is -2.10. The number of nitrogens with one attached hydrogen (secondary N) is 3. The number of fused-ring (bicyclic) bond motifs is 2. The van der Waals surface area contributed by atoms with E-state index in [-0.39, 0.29) is 30.6 Å². The Morgan fingerprint density at radius 3 is 2.69 bits per heavy atom. The van der Waals surface area contributed by atoms with E-state index in [2.05, 4.69) is 34.7 Å². The highest BCUT2D eigenvalue weighted by Gasteiger charge is 2.28. The third-order valence-electron chi connectivity index (χ3n) is 4.72. The predicted molar refractivity (Wildman–Crippen MR) is 115 cm³/mol. The average Bonchev–Trinajstić information content (AvgIpc) is 3.23. The minimum atomic E-state index is -3.68. The Kier molecular flexibility index (Phi) is 5.88. The van der Waals surface area contributed by atoms with Gasteiger partial charge in [-0.25, -0.2) is 0 Å². The first-order valence-electron chi connectivity index (χ1n) is 9.02. The summed E-state index contributed by atoms with van der Waals surface area (Å²) in [4.78, 5) is 15.8. The summed E-state index contributed by atoms with van der Waals surface area (Å²) in [6, 6.07) is 11.5. The molecule has 7 nitrogen and oxygen atoms in total. The van der Waals surface area contributed by atoms with Crippen LogP contribution in [0, 0.1) is 0 Å². The molecular weight excluding hydrogens is 414 g/mol. The lowest BCUT2D eigenvalue weighted by Crippen LogP contribution is -2.13. The van der Waals surface area contributed by atoms with Crippen molar-refractivity contribution < 1.29 is 17.4 Å². The maximum atomic E-state index is 12.4. The molecule has 0 fully saturated rings. The van der Waals surface area contributed by atoms with Gasteiger partial charge >= 0.3 is 10.1 Å². The van der Waals surface area contributed by atoms with Gasteiger partial charge in [-0.3, -0.25) is 4.79 Å². The number of carbonyl (C=O) groups excluding carboxylic acids is 1. The van der Waals surface area contributed by atoms with E-state index in [1.54, 1.807) is 12.1 Å². The number of hydrogen-bond donors (Lipinski definition) is 3. The summed E-state index contributed by atoms with van der Waals surface area (Å²) >= 11 is 0. The van der Waals surface area contributed by atoms with Crippen molar-refractivity contribution in [1.29, 1.82) is 0 Å². The van der Waals surface area contributed by atoms with Gasteiger partial charge in [0.25, 0.3) is 5.91 Å². The van der Waals surface area contributed by atoms with E-state index in [9.17, 15) is 13.2 Å². The lowest BCUT2D eigenvalue weighted by molar-refractivity contribution is 0.0966. The predicted octanol–water partition coefficient (Wildman–Crippen LogP) is 2.95. The first-order valence-corrected chi connectivity index (χ1v) is 10.8. The van der Waals surface area contributed by atoms with Gasteiger partial charge in [-0.1, -0.05) is 13.0 Å². The molecule has 1 amide bonds. The smallest absolute Gasteiger partial charge is 0.306 e. The molecule has 154 valence electrons. The van der Waals surface area contributed by atoms with Crippen LogP contribution in [-0.2, 0) is 23.2 Å². The normalized spacial score (nSPS) is 13.1. The Bertz CT molecular complexity index is 1190. The number of amides is 1. The Labute approximate surface area is 175 Å². The fraction of sp³-hybridized carbons (Fsp3) is 0.250. The standard InChI is InChI=1S/C20H21N3O4S.ClH/c1-3-21-10-12-4-6-16-13(8-12)9-17(23-16)14-5-7-18(27-28(2,25)26)15-11-22-20(24)19(14)15;/h4-9,21,23H,3,10-11H2,1-2H3,(H,22,24);1H. The van der Waals surface area contributed by atoms with Crippen LogP contribution in [0.25, 0.3) is 22.2 Å². The van der Waals surface area contributed by atoms with Gasteiger partial charge in [-0.2, -0.15) is 8.42 Å². The van der Waals surface area contributed by atoms with Crippen molar-refractivity contribution in [2.45, 2.75) is 20.0 Å². The van der Waals surface area contributed by atoms with Crippen LogP contribution in [0.5, 0.6) is 5.75 Å². The molecule has 0 saturated carbocycles. The van der Waals surface area contributed by atoms with Gasteiger partial charge in [0.15, 0.2) is 0 Å². The summed E-state index contributed by atoms with van der Waals surface area (Å²) in [6.45, 7) is 4.00. The fourth-order valence-corrected chi connectivity index (χ4v) is 3.98. The first kappa shape index (κ1) is 21.2. The molecule has 0 radical (unpaired) electrons. The summed E-state index contributed by atoms with van der Waals surface area (Å²) < 4.78 is 28.1. The number of aromatic nitrogens is 1. The molecule has 1 aromatic heterocycles. The minimum absolute atomic E-state index is 0. The monoisotopic (exact) mass is 435 g/mol. The molecule has 0 saturated heterocycles. The third-order valence-corrected chi connectivity index (χ3v) is 5.20. The van der Waals surface area contributed by atoms with E-state index < -0.39 is 10.1 Å². The summed E-state index contributed by atoms with van der Waals surface area (Å²) in [5, 5.41) is 7.11. The van der Waals surface area contributed by atoms with Gasteiger partial charge in [-0.15, -0.1) is 12.4 Å². The SMILES string of the molecule is CCNCc1ccc2[nH]c(-c3ccc(OS(C)(=O)=O)c4c3C(=O)NC4)cc2c1.Cl. The highest BCUT2D eigenvalue weighted by molar-refractivity contribution is 7.86. The van der Waals surface area contributed by atoms with Crippen LogP contribution in [0.2, 0.25) is 0 Å². The van der Waals surface area contributed by atoms with Gasteiger partial charge in [0, 0.05) is 40.8 Å². The average molecular weight is 436 g/mol. The van der Waals surface area contributed by atoms with E-state index in [1.807, 2.05) is 12.1 Å². The molecule has 1 aliphatic rings. The maximum absolute atomic E-state index is 12.4. The summed E-state index contributed by atoms with van der Waals surface area (Å²) in [6.07, 6.45) is 0.986. The summed E-state index contributed by atoms with van der Waals surface area (Å²) in [5.74, 6) is -0.0564. The summed E-state index contributed by atoms with van der Waals surface area (Å²) in [7, 11) is -3.68. The lowest BCUT2D eigenvalue weighted by atomic mass is 9.99. The fourth-order valence-electron chi connectivity index (χ4n) is 3.49. The van der Waals surface area contributed by atoms with E-state index in [0.717, 1.165) is 41.5 Å². The molecule has 0 spiro atoms. The van der Waals surface area contributed by atoms with Crippen LogP contribution in [0.4, 0.5) is 0 Å². The topological polar surface area (TPSA) is 100 Å². The molecule has 1 aliphatic heterocycles. The number of hydrogen-bond acceptors (Lipinski definition) is 5. The second-order valence-electron chi connectivity index (χ2n) is 6.82. The van der Waals surface area contributed by atoms with E-state index in [0.29, 0.717) is 11.1 Å². The van der Waals surface area contributed by atoms with Crippen LogP contribution in [0.1, 0.15) is 28.4 Å². The van der Waals surface area contributed by atoms with Crippen molar-refractivity contribution in [3.05, 3.63) is 53.1 Å². The molecule has 2 heterocycles. The van der Waals surface area contributed by atoms with Gasteiger partial charge in [0.2, 0.25) is 0 Å². The number of rotatable bonds is 6. The number of aromatic amines is 1. The number of carbonyl (C=O) groups is 1. The molecule has 0 aliphatic carbocycles. The van der Waals surface area contributed by atoms with Gasteiger partial charge < -0.3 is 19.8 Å². The van der Waals surface area contributed by atoms with E-state index >= 15 is 0 Å². The number of H-pyrrole nitrogens is 1. The van der Waals surface area contributed by atoms with Crippen LogP contribution in [-0.4, -0.2) is 32.1 Å². The minimum Gasteiger partial charge on any atom is -0.382 e. The molecule has 9 heteroatoms. The van der Waals surface area contributed by atoms with Crippen molar-refractivity contribution in [1.82, 2.24) is 15.6 Å². The highest BCUT2D eigenvalue weighted by atomic mass is 35.5. The number of benzene rings is 2.